The molecular formula is C7H9NO3. The molecule has 60 valence electrons. The second-order valence-corrected chi connectivity index (χ2v) is 1.82. The molecule has 4 heteroatoms. The average Bonchev–Trinajstić information content (AvgIpc) is 1.97. The fraction of sp³-hybridized carbons (Fsp3) is 0.429. The molecule has 0 aliphatic carbocycles. The van der Waals surface area contributed by atoms with Crippen LogP contribution in [-0.2, 0) is 9.53 Å². The highest BCUT2D eigenvalue weighted by Crippen LogP contribution is 1.94. The minimum atomic E-state index is -1.19. The number of hydrogen-bond acceptors (Lipinski definition) is 3. The van der Waals surface area contributed by atoms with Crippen LogP contribution >= 0.6 is 0 Å². The maximum atomic E-state index is 10.2. The van der Waals surface area contributed by atoms with Crippen LogP contribution in [0.5, 0.6) is 0 Å². The number of carbonyl (C=O) groups is 1. The molecule has 0 spiro atoms. The van der Waals surface area contributed by atoms with Gasteiger partial charge in [0, 0.05) is 13.7 Å². The molecule has 0 aliphatic rings. The van der Waals surface area contributed by atoms with Gasteiger partial charge in [0.25, 0.3) is 0 Å². The summed E-state index contributed by atoms with van der Waals surface area (Å²) >= 11 is 0. The Morgan fingerprint density at radius 1 is 1.82 bits per heavy atom. The van der Waals surface area contributed by atoms with Gasteiger partial charge in [-0.25, -0.2) is 4.79 Å². The maximum absolute atomic E-state index is 10.2. The molecule has 11 heavy (non-hydrogen) atoms. The minimum Gasteiger partial charge on any atom is -0.477 e. The SMILES string of the molecule is COCCC=C(C#N)C(=O)O. The number of hydrogen-bond donors (Lipinski definition) is 1. The van der Waals surface area contributed by atoms with Gasteiger partial charge in [-0.2, -0.15) is 5.26 Å². The number of carboxylic acid groups (broad SMARTS) is 1. The summed E-state index contributed by atoms with van der Waals surface area (Å²) in [4.78, 5) is 10.2. The Balaban J connectivity index is 3.95. The Kier molecular flexibility index (Phi) is 4.78. The molecule has 0 rings (SSSR count). The second kappa shape index (κ2) is 5.45. The summed E-state index contributed by atoms with van der Waals surface area (Å²) in [7, 11) is 1.51. The van der Waals surface area contributed by atoms with Crippen molar-refractivity contribution in [2.75, 3.05) is 13.7 Å². The minimum absolute atomic E-state index is 0.234. The Morgan fingerprint density at radius 3 is 2.82 bits per heavy atom. The van der Waals surface area contributed by atoms with Gasteiger partial charge >= 0.3 is 5.97 Å². The molecule has 0 fully saturated rings. The number of aliphatic carboxylic acids is 1. The van der Waals surface area contributed by atoms with Crippen molar-refractivity contribution in [1.82, 2.24) is 0 Å². The van der Waals surface area contributed by atoms with Crippen LogP contribution < -0.4 is 0 Å². The summed E-state index contributed by atoms with van der Waals surface area (Å²) < 4.78 is 4.67. The van der Waals surface area contributed by atoms with E-state index >= 15 is 0 Å². The molecular weight excluding hydrogens is 146 g/mol. The molecule has 0 saturated heterocycles. The lowest BCUT2D eigenvalue weighted by molar-refractivity contribution is -0.132. The number of rotatable bonds is 4. The quantitative estimate of drug-likeness (QED) is 0.366. The third kappa shape index (κ3) is 4.12. The molecule has 0 aromatic carbocycles. The zero-order valence-corrected chi connectivity index (χ0v) is 6.20. The second-order valence-electron chi connectivity index (χ2n) is 1.82. The van der Waals surface area contributed by atoms with E-state index in [1.807, 2.05) is 0 Å². The Labute approximate surface area is 64.7 Å². The van der Waals surface area contributed by atoms with E-state index in [4.69, 9.17) is 10.4 Å². The highest BCUT2D eigenvalue weighted by atomic mass is 16.5. The Morgan fingerprint density at radius 2 is 2.45 bits per heavy atom. The number of methoxy groups -OCH3 is 1. The van der Waals surface area contributed by atoms with E-state index in [9.17, 15) is 4.79 Å². The van der Waals surface area contributed by atoms with Crippen molar-refractivity contribution < 1.29 is 14.6 Å². The lowest BCUT2D eigenvalue weighted by atomic mass is 10.2. The van der Waals surface area contributed by atoms with Crippen LogP contribution in [0.2, 0.25) is 0 Å². The van der Waals surface area contributed by atoms with Crippen LogP contribution in [-0.4, -0.2) is 24.8 Å². The third-order valence-electron chi connectivity index (χ3n) is 1.02. The molecule has 0 aliphatic heterocycles. The maximum Gasteiger partial charge on any atom is 0.346 e. The van der Waals surface area contributed by atoms with Crippen molar-refractivity contribution in [3.63, 3.8) is 0 Å². The topological polar surface area (TPSA) is 70.3 Å². The van der Waals surface area contributed by atoms with Crippen LogP contribution in [0.3, 0.4) is 0 Å². The van der Waals surface area contributed by atoms with Crippen LogP contribution in [0, 0.1) is 11.3 Å². The molecule has 0 aromatic rings. The van der Waals surface area contributed by atoms with Crippen LogP contribution in [0.15, 0.2) is 11.6 Å². The van der Waals surface area contributed by atoms with Gasteiger partial charge in [-0.15, -0.1) is 0 Å². The molecule has 0 heterocycles. The van der Waals surface area contributed by atoms with Gasteiger partial charge in [-0.05, 0) is 6.42 Å². The van der Waals surface area contributed by atoms with Crippen molar-refractivity contribution in [2.24, 2.45) is 0 Å². The van der Waals surface area contributed by atoms with Gasteiger partial charge in [0.1, 0.15) is 11.6 Å². The fourth-order valence-electron chi connectivity index (χ4n) is 0.502. The normalized spacial score (nSPS) is 10.7. The van der Waals surface area contributed by atoms with Gasteiger partial charge in [0.05, 0.1) is 0 Å². The predicted molar refractivity (Wildman–Crippen MR) is 37.8 cm³/mol. The first-order valence-corrected chi connectivity index (χ1v) is 3.05. The lowest BCUT2D eigenvalue weighted by Gasteiger charge is -1.91. The molecule has 0 radical (unpaired) electrons. The largest absolute Gasteiger partial charge is 0.477 e. The monoisotopic (exact) mass is 155 g/mol. The van der Waals surface area contributed by atoms with Gasteiger partial charge in [-0.1, -0.05) is 6.08 Å². The molecule has 0 amide bonds. The summed E-state index contributed by atoms with van der Waals surface area (Å²) in [5.74, 6) is -1.19. The summed E-state index contributed by atoms with van der Waals surface area (Å²) in [6.07, 6.45) is 1.79. The van der Waals surface area contributed by atoms with E-state index in [1.54, 1.807) is 6.07 Å². The highest BCUT2D eigenvalue weighted by molar-refractivity contribution is 5.90. The van der Waals surface area contributed by atoms with E-state index in [-0.39, 0.29) is 5.57 Å². The van der Waals surface area contributed by atoms with Crippen molar-refractivity contribution in [2.45, 2.75) is 6.42 Å². The van der Waals surface area contributed by atoms with Crippen LogP contribution in [0.4, 0.5) is 0 Å². The van der Waals surface area contributed by atoms with E-state index in [0.29, 0.717) is 13.0 Å². The van der Waals surface area contributed by atoms with Crippen molar-refractivity contribution in [1.29, 1.82) is 5.26 Å². The first-order valence-electron chi connectivity index (χ1n) is 3.05. The first kappa shape index (κ1) is 9.66. The molecule has 4 nitrogen and oxygen atoms in total. The Bertz CT molecular complexity index is 202. The number of ether oxygens (including phenoxy) is 1. The zero-order chi connectivity index (χ0) is 8.69. The summed E-state index contributed by atoms with van der Waals surface area (Å²) in [6.45, 7) is 0.429. The summed E-state index contributed by atoms with van der Waals surface area (Å²) in [5, 5.41) is 16.6. The van der Waals surface area contributed by atoms with Crippen LogP contribution in [0.1, 0.15) is 6.42 Å². The van der Waals surface area contributed by atoms with Gasteiger partial charge in [0.15, 0.2) is 0 Å². The summed E-state index contributed by atoms with van der Waals surface area (Å²) in [5.41, 5.74) is -0.234. The van der Waals surface area contributed by atoms with E-state index in [0.717, 1.165) is 0 Å². The molecule has 0 atom stereocenters. The zero-order valence-electron chi connectivity index (χ0n) is 6.20. The van der Waals surface area contributed by atoms with E-state index in [2.05, 4.69) is 4.74 Å². The smallest absolute Gasteiger partial charge is 0.346 e. The van der Waals surface area contributed by atoms with Crippen LogP contribution in [0.25, 0.3) is 0 Å². The lowest BCUT2D eigenvalue weighted by Crippen LogP contribution is -1.98. The van der Waals surface area contributed by atoms with Gasteiger partial charge < -0.3 is 9.84 Å². The van der Waals surface area contributed by atoms with Crippen molar-refractivity contribution in [3.05, 3.63) is 11.6 Å². The number of nitrogens with zero attached hydrogens (tertiary/aromatic N) is 1. The van der Waals surface area contributed by atoms with Gasteiger partial charge in [0.2, 0.25) is 0 Å². The highest BCUT2D eigenvalue weighted by Gasteiger charge is 2.03. The molecule has 0 saturated carbocycles. The third-order valence-corrected chi connectivity index (χ3v) is 1.02. The van der Waals surface area contributed by atoms with E-state index in [1.165, 1.54) is 13.2 Å². The fourth-order valence-corrected chi connectivity index (χ4v) is 0.502. The predicted octanol–water partition coefficient (Wildman–Crippen LogP) is 0.557. The summed E-state index contributed by atoms with van der Waals surface area (Å²) in [6, 6.07) is 1.57. The number of nitriles is 1. The molecule has 0 bridgehead atoms. The van der Waals surface area contributed by atoms with Gasteiger partial charge in [-0.3, -0.25) is 0 Å². The Hall–Kier alpha value is -1.34. The average molecular weight is 155 g/mol. The first-order chi connectivity index (χ1) is 5.22. The molecule has 0 unspecified atom stereocenters. The van der Waals surface area contributed by atoms with Crippen molar-refractivity contribution >= 4 is 5.97 Å². The number of carboxylic acids is 1. The molecule has 0 aromatic heterocycles. The molecule has 1 N–H and O–H groups in total. The standard InChI is InChI=1S/C7H9NO3/c1-11-4-2-3-6(5-8)7(9)10/h3H,2,4H2,1H3,(H,9,10). The van der Waals surface area contributed by atoms with E-state index < -0.39 is 5.97 Å². The van der Waals surface area contributed by atoms with Crippen molar-refractivity contribution in [3.8, 4) is 6.07 Å².